The Hall–Kier alpha value is -1.80. The zero-order valence-corrected chi connectivity index (χ0v) is 10.5. The average molecular weight is 261 g/mol. The van der Waals surface area contributed by atoms with Gasteiger partial charge in [0.1, 0.15) is 6.10 Å². The fourth-order valence-electron chi connectivity index (χ4n) is 1.84. The molecule has 2 aromatic rings. The first kappa shape index (κ1) is 12.7. The maximum Gasteiger partial charge on any atom is 0.404 e. The Morgan fingerprint density at radius 3 is 2.11 bits per heavy atom. The number of carbonyl (C=O) groups excluding carboxylic acids is 1. The Labute approximate surface area is 111 Å². The highest BCUT2D eigenvalue weighted by molar-refractivity contribution is 6.61. The van der Waals surface area contributed by atoms with Crippen LogP contribution in [0.5, 0.6) is 0 Å². The molecule has 18 heavy (non-hydrogen) atoms. The van der Waals surface area contributed by atoms with E-state index in [1.165, 1.54) is 0 Å². The summed E-state index contributed by atoms with van der Waals surface area (Å²) >= 11 is 5.33. The fourth-order valence-corrected chi connectivity index (χ4v) is 1.94. The average Bonchev–Trinajstić information content (AvgIpc) is 2.40. The molecule has 0 aliphatic rings. The van der Waals surface area contributed by atoms with E-state index >= 15 is 0 Å². The van der Waals surface area contributed by atoms with Gasteiger partial charge in [0, 0.05) is 18.0 Å². The minimum atomic E-state index is -0.778. The second-order valence-corrected chi connectivity index (χ2v) is 4.25. The van der Waals surface area contributed by atoms with E-state index in [2.05, 4.69) is 0 Å². The molecular weight excluding hydrogens is 248 g/mol. The van der Waals surface area contributed by atoms with E-state index in [1.54, 1.807) is 0 Å². The normalized spacial score (nSPS) is 11.8. The summed E-state index contributed by atoms with van der Waals surface area (Å²) in [6, 6.07) is 19.5. The van der Waals surface area contributed by atoms with E-state index in [9.17, 15) is 4.79 Å². The molecule has 0 saturated carbocycles. The number of ether oxygens (including phenoxy) is 1. The van der Waals surface area contributed by atoms with Gasteiger partial charge in [0.2, 0.25) is 0 Å². The largest absolute Gasteiger partial charge is 0.445 e. The van der Waals surface area contributed by atoms with Crippen LogP contribution >= 0.6 is 11.6 Å². The summed E-state index contributed by atoms with van der Waals surface area (Å²) in [7, 11) is 0. The van der Waals surface area contributed by atoms with Gasteiger partial charge >= 0.3 is 5.43 Å². The zero-order chi connectivity index (χ0) is 12.8. The molecule has 0 spiro atoms. The molecule has 0 N–H and O–H groups in total. The zero-order valence-electron chi connectivity index (χ0n) is 9.75. The van der Waals surface area contributed by atoms with Crippen LogP contribution in [-0.4, -0.2) is 5.43 Å². The molecule has 0 aromatic heterocycles. The molecule has 0 bridgehead atoms. The minimum absolute atomic E-state index is 0.349. The molecule has 0 radical (unpaired) electrons. The van der Waals surface area contributed by atoms with Gasteiger partial charge in [-0.25, -0.2) is 4.79 Å². The van der Waals surface area contributed by atoms with Crippen molar-refractivity contribution in [1.82, 2.24) is 0 Å². The Balaban J connectivity index is 2.18. The molecule has 3 heteroatoms. The highest BCUT2D eigenvalue weighted by Gasteiger charge is 2.15. The van der Waals surface area contributed by atoms with Crippen LogP contribution in [0.3, 0.4) is 0 Å². The number of rotatable bonds is 4. The smallest absolute Gasteiger partial charge is 0.404 e. The van der Waals surface area contributed by atoms with E-state index in [4.69, 9.17) is 16.3 Å². The first-order valence-corrected chi connectivity index (χ1v) is 6.08. The Kier molecular flexibility index (Phi) is 4.37. The molecule has 1 atom stereocenters. The van der Waals surface area contributed by atoms with Crippen molar-refractivity contribution in [3.63, 3.8) is 0 Å². The van der Waals surface area contributed by atoms with Crippen molar-refractivity contribution in [2.75, 3.05) is 0 Å². The van der Waals surface area contributed by atoms with E-state index in [-0.39, 0.29) is 6.10 Å². The lowest BCUT2D eigenvalue weighted by molar-refractivity contribution is 0.121. The standard InChI is InChI=1S/C15H13ClO2/c16-15(17)18-14(13-9-5-2-6-10-13)11-12-7-3-1-4-8-12/h1-10,14H,11H2. The molecule has 0 fully saturated rings. The molecule has 1 unspecified atom stereocenters. The Morgan fingerprint density at radius 2 is 1.56 bits per heavy atom. The van der Waals surface area contributed by atoms with Gasteiger partial charge in [-0.05, 0) is 11.1 Å². The molecule has 0 amide bonds. The van der Waals surface area contributed by atoms with Crippen LogP contribution in [0.2, 0.25) is 0 Å². The Bertz CT molecular complexity index is 496. The van der Waals surface area contributed by atoms with Gasteiger partial charge in [-0.3, -0.25) is 0 Å². The van der Waals surface area contributed by atoms with Gasteiger partial charge in [0.05, 0.1) is 0 Å². The molecule has 2 nitrogen and oxygen atoms in total. The number of halogens is 1. The minimum Gasteiger partial charge on any atom is -0.445 e. The Morgan fingerprint density at radius 1 is 1.00 bits per heavy atom. The van der Waals surface area contributed by atoms with Crippen molar-refractivity contribution in [3.8, 4) is 0 Å². The van der Waals surface area contributed by atoms with Crippen molar-refractivity contribution >= 4 is 17.0 Å². The third-order valence-electron chi connectivity index (χ3n) is 2.67. The molecule has 2 rings (SSSR count). The summed E-state index contributed by atoms with van der Waals surface area (Å²) < 4.78 is 5.17. The van der Waals surface area contributed by atoms with Crippen LogP contribution in [0.4, 0.5) is 4.79 Å². The van der Waals surface area contributed by atoms with Crippen molar-refractivity contribution in [2.45, 2.75) is 12.5 Å². The summed E-state index contributed by atoms with van der Waals surface area (Å²) in [5.41, 5.74) is 1.26. The van der Waals surface area contributed by atoms with E-state index < -0.39 is 5.43 Å². The number of carbonyl (C=O) groups is 1. The number of hydrogen-bond donors (Lipinski definition) is 0. The van der Waals surface area contributed by atoms with Crippen molar-refractivity contribution in [1.29, 1.82) is 0 Å². The predicted octanol–water partition coefficient (Wildman–Crippen LogP) is 4.35. The van der Waals surface area contributed by atoms with E-state index in [0.717, 1.165) is 11.1 Å². The second kappa shape index (κ2) is 6.22. The van der Waals surface area contributed by atoms with Crippen LogP contribution in [0.1, 0.15) is 17.2 Å². The summed E-state index contributed by atoms with van der Waals surface area (Å²) in [6.45, 7) is 0. The van der Waals surface area contributed by atoms with Crippen LogP contribution < -0.4 is 0 Å². The van der Waals surface area contributed by atoms with Gasteiger partial charge in [-0.1, -0.05) is 60.7 Å². The predicted molar refractivity (Wildman–Crippen MR) is 71.7 cm³/mol. The monoisotopic (exact) mass is 260 g/mol. The summed E-state index contributed by atoms with van der Waals surface area (Å²) in [6.07, 6.45) is 0.266. The molecule has 0 heterocycles. The lowest BCUT2D eigenvalue weighted by Crippen LogP contribution is -2.09. The fraction of sp³-hybridized carbons (Fsp3) is 0.133. The number of hydrogen-bond acceptors (Lipinski definition) is 2. The van der Waals surface area contributed by atoms with Gasteiger partial charge < -0.3 is 4.74 Å². The lowest BCUT2D eigenvalue weighted by atomic mass is 10.0. The number of benzene rings is 2. The van der Waals surface area contributed by atoms with Crippen molar-refractivity contribution < 1.29 is 9.53 Å². The summed E-state index contributed by atoms with van der Waals surface area (Å²) in [5, 5.41) is 0. The molecule has 92 valence electrons. The highest BCUT2D eigenvalue weighted by Crippen LogP contribution is 2.23. The van der Waals surface area contributed by atoms with Gasteiger partial charge in [0.25, 0.3) is 0 Å². The molecular formula is C15H13ClO2. The van der Waals surface area contributed by atoms with Crippen molar-refractivity contribution in [2.24, 2.45) is 0 Å². The third-order valence-corrected chi connectivity index (χ3v) is 2.76. The third kappa shape index (κ3) is 3.60. The van der Waals surface area contributed by atoms with Crippen LogP contribution in [0.25, 0.3) is 0 Å². The van der Waals surface area contributed by atoms with Gasteiger partial charge in [-0.15, -0.1) is 0 Å². The quantitative estimate of drug-likeness (QED) is 0.764. The van der Waals surface area contributed by atoms with Crippen LogP contribution in [-0.2, 0) is 11.2 Å². The van der Waals surface area contributed by atoms with E-state index in [0.29, 0.717) is 6.42 Å². The first-order valence-electron chi connectivity index (χ1n) is 5.70. The second-order valence-electron chi connectivity index (χ2n) is 3.94. The topological polar surface area (TPSA) is 26.3 Å². The summed E-state index contributed by atoms with van der Waals surface area (Å²) in [4.78, 5) is 11.0. The molecule has 0 saturated heterocycles. The van der Waals surface area contributed by atoms with Gasteiger partial charge in [0.15, 0.2) is 0 Å². The maximum absolute atomic E-state index is 11.0. The SMILES string of the molecule is O=C(Cl)OC(Cc1ccccc1)c1ccccc1. The lowest BCUT2D eigenvalue weighted by Gasteiger charge is -2.16. The molecule has 2 aromatic carbocycles. The van der Waals surface area contributed by atoms with Gasteiger partial charge in [-0.2, -0.15) is 0 Å². The summed E-state index contributed by atoms with van der Waals surface area (Å²) in [5.74, 6) is 0. The first-order chi connectivity index (χ1) is 8.75. The maximum atomic E-state index is 11.0. The van der Waals surface area contributed by atoms with Crippen LogP contribution in [0.15, 0.2) is 60.7 Å². The van der Waals surface area contributed by atoms with Crippen LogP contribution in [0, 0.1) is 0 Å². The van der Waals surface area contributed by atoms with Crippen molar-refractivity contribution in [3.05, 3.63) is 71.8 Å². The molecule has 0 aliphatic carbocycles. The molecule has 0 aliphatic heterocycles. The highest BCUT2D eigenvalue weighted by atomic mass is 35.5. The van der Waals surface area contributed by atoms with E-state index in [1.807, 2.05) is 60.7 Å².